The average Bonchev–Trinajstić information content (AvgIpc) is 3.26. The Labute approximate surface area is 220 Å². The minimum Gasteiger partial charge on any atom is -0.338 e. The summed E-state index contributed by atoms with van der Waals surface area (Å²) in [5.41, 5.74) is -1.36. The van der Waals surface area contributed by atoms with Crippen molar-refractivity contribution in [1.82, 2.24) is 10.3 Å². The number of nitrogens with one attached hydrogen (secondary N) is 2. The van der Waals surface area contributed by atoms with Gasteiger partial charge in [-0.1, -0.05) is 66.7 Å². The highest BCUT2D eigenvalue weighted by atomic mass is 32.1. The molecule has 0 spiro atoms. The predicted molar refractivity (Wildman–Crippen MR) is 138 cm³/mol. The Hall–Kier alpha value is -4.05. The first-order chi connectivity index (χ1) is 18.0. The monoisotopic (exact) mass is 541 g/mol. The van der Waals surface area contributed by atoms with Crippen LogP contribution in [0.15, 0.2) is 78.9 Å². The lowest BCUT2D eigenvalue weighted by molar-refractivity contribution is -0.140. The number of nitrogens with zero attached hydrogens (tertiary/aromatic N) is 1. The number of aromatic nitrogens is 1. The van der Waals surface area contributed by atoms with Crippen LogP contribution in [-0.2, 0) is 17.4 Å². The molecule has 0 aliphatic carbocycles. The lowest BCUT2D eigenvalue weighted by Crippen LogP contribution is -2.52. The summed E-state index contributed by atoms with van der Waals surface area (Å²) in [5.74, 6) is -3.52. The Balaban J connectivity index is 1.56. The molecule has 0 saturated carbocycles. The molecule has 0 bridgehead atoms. The van der Waals surface area contributed by atoms with Gasteiger partial charge in [-0.05, 0) is 31.5 Å². The molecule has 1 heterocycles. The van der Waals surface area contributed by atoms with Crippen molar-refractivity contribution in [3.63, 3.8) is 0 Å². The van der Waals surface area contributed by atoms with Crippen LogP contribution in [0.4, 0.5) is 22.7 Å². The molecule has 0 atom stereocenters. The molecule has 0 radical (unpaired) electrons. The molecule has 0 aliphatic heterocycles. The van der Waals surface area contributed by atoms with Crippen molar-refractivity contribution < 1.29 is 27.2 Å². The highest BCUT2D eigenvalue weighted by Crippen LogP contribution is 2.34. The van der Waals surface area contributed by atoms with Gasteiger partial charge in [0, 0.05) is 16.9 Å². The molecule has 3 aromatic carbocycles. The molecule has 0 saturated heterocycles. The van der Waals surface area contributed by atoms with E-state index in [-0.39, 0.29) is 5.13 Å². The first kappa shape index (κ1) is 27.0. The first-order valence-corrected chi connectivity index (χ1v) is 12.4. The summed E-state index contributed by atoms with van der Waals surface area (Å²) in [7, 11) is 0. The molecule has 10 heteroatoms. The number of carbonyl (C=O) groups is 2. The SMILES string of the molecule is CC(C)(NC(=O)c1cccc(C(F)(F)F)c1F)C(=O)Nc1nc(-c2ccccc2)c(Cc2ccccc2)s1. The zero-order valence-corrected chi connectivity index (χ0v) is 21.2. The topological polar surface area (TPSA) is 71.1 Å². The third-order valence-corrected chi connectivity index (χ3v) is 6.69. The zero-order valence-electron chi connectivity index (χ0n) is 20.4. The smallest absolute Gasteiger partial charge is 0.338 e. The Kier molecular flexibility index (Phi) is 7.63. The van der Waals surface area contributed by atoms with Crippen molar-refractivity contribution in [3.05, 3.63) is 106 Å². The second-order valence-corrected chi connectivity index (χ2v) is 10.1. The van der Waals surface area contributed by atoms with E-state index in [2.05, 4.69) is 15.6 Å². The molecule has 4 rings (SSSR count). The molecule has 0 fully saturated rings. The van der Waals surface area contributed by atoms with Crippen molar-refractivity contribution in [2.75, 3.05) is 5.32 Å². The number of hydrogen-bond donors (Lipinski definition) is 2. The number of carbonyl (C=O) groups excluding carboxylic acids is 2. The quantitative estimate of drug-likeness (QED) is 0.256. The van der Waals surface area contributed by atoms with Crippen molar-refractivity contribution in [3.8, 4) is 11.3 Å². The van der Waals surface area contributed by atoms with Gasteiger partial charge in [-0.2, -0.15) is 13.2 Å². The minimum absolute atomic E-state index is 0.285. The summed E-state index contributed by atoms with van der Waals surface area (Å²) in [6, 6.07) is 21.6. The van der Waals surface area contributed by atoms with Gasteiger partial charge in [0.2, 0.25) is 0 Å². The van der Waals surface area contributed by atoms with E-state index in [9.17, 15) is 27.2 Å². The number of thiazole rings is 1. The second kappa shape index (κ2) is 10.7. The highest BCUT2D eigenvalue weighted by Gasteiger charge is 2.37. The zero-order chi connectivity index (χ0) is 27.5. The third kappa shape index (κ3) is 6.08. The number of amides is 2. The molecule has 2 amide bonds. The van der Waals surface area contributed by atoms with E-state index in [1.54, 1.807) is 0 Å². The fourth-order valence-electron chi connectivity index (χ4n) is 3.72. The van der Waals surface area contributed by atoms with Crippen LogP contribution in [0.3, 0.4) is 0 Å². The van der Waals surface area contributed by atoms with Gasteiger partial charge in [-0.3, -0.25) is 14.9 Å². The van der Waals surface area contributed by atoms with Crippen molar-refractivity contribution in [2.24, 2.45) is 0 Å². The number of anilines is 1. The third-order valence-electron chi connectivity index (χ3n) is 5.71. The van der Waals surface area contributed by atoms with E-state index in [1.807, 2.05) is 60.7 Å². The molecule has 5 nitrogen and oxygen atoms in total. The molecule has 0 aliphatic rings. The van der Waals surface area contributed by atoms with Crippen LogP contribution in [0.1, 0.15) is 40.2 Å². The van der Waals surface area contributed by atoms with E-state index in [0.717, 1.165) is 28.1 Å². The summed E-state index contributed by atoms with van der Waals surface area (Å²) in [4.78, 5) is 31.3. The van der Waals surface area contributed by atoms with Gasteiger partial charge in [0.25, 0.3) is 11.8 Å². The maximum atomic E-state index is 14.4. The minimum atomic E-state index is -4.97. The maximum Gasteiger partial charge on any atom is 0.419 e. The summed E-state index contributed by atoms with van der Waals surface area (Å²) >= 11 is 1.28. The average molecular weight is 542 g/mol. The van der Waals surface area contributed by atoms with Crippen LogP contribution >= 0.6 is 11.3 Å². The molecular formula is C28H23F4N3O2S. The molecule has 2 N–H and O–H groups in total. The molecular weight excluding hydrogens is 518 g/mol. The van der Waals surface area contributed by atoms with Gasteiger partial charge < -0.3 is 5.32 Å². The van der Waals surface area contributed by atoms with Crippen LogP contribution in [0.25, 0.3) is 11.3 Å². The number of benzene rings is 3. The normalized spacial score (nSPS) is 11.7. The standard InChI is InChI=1S/C28H23F4N3O2S/c1-27(2,35-24(36)19-14-9-15-20(22(19)29)28(30,31)32)25(37)34-26-33-23(18-12-7-4-8-13-18)21(38-26)16-17-10-5-3-6-11-17/h3-15H,16H2,1-2H3,(H,35,36)(H,33,34,37). The molecule has 1 aromatic heterocycles. The summed E-state index contributed by atoms with van der Waals surface area (Å²) < 4.78 is 53.6. The van der Waals surface area contributed by atoms with Crippen LogP contribution in [0, 0.1) is 5.82 Å². The lowest BCUT2D eigenvalue weighted by atomic mass is 10.0. The van der Waals surface area contributed by atoms with Crippen LogP contribution in [0.5, 0.6) is 0 Å². The Morgan fingerprint density at radius 1 is 0.895 bits per heavy atom. The lowest BCUT2D eigenvalue weighted by Gasteiger charge is -2.25. The Morgan fingerprint density at radius 3 is 2.16 bits per heavy atom. The van der Waals surface area contributed by atoms with Crippen molar-refractivity contribution in [1.29, 1.82) is 0 Å². The van der Waals surface area contributed by atoms with E-state index < -0.39 is 40.5 Å². The Morgan fingerprint density at radius 2 is 1.53 bits per heavy atom. The van der Waals surface area contributed by atoms with Crippen molar-refractivity contribution in [2.45, 2.75) is 32.0 Å². The molecule has 38 heavy (non-hydrogen) atoms. The van der Waals surface area contributed by atoms with Crippen LogP contribution in [0.2, 0.25) is 0 Å². The van der Waals surface area contributed by atoms with Gasteiger partial charge >= 0.3 is 6.18 Å². The number of alkyl halides is 3. The first-order valence-electron chi connectivity index (χ1n) is 11.5. The highest BCUT2D eigenvalue weighted by molar-refractivity contribution is 7.16. The van der Waals surface area contributed by atoms with E-state index in [4.69, 9.17) is 0 Å². The molecule has 196 valence electrons. The number of halogens is 4. The largest absolute Gasteiger partial charge is 0.419 e. The summed E-state index contributed by atoms with van der Waals surface area (Å²) in [6.07, 6.45) is -4.39. The molecule has 0 unspecified atom stereocenters. The predicted octanol–water partition coefficient (Wildman–Crippen LogP) is 6.71. The number of hydrogen-bond acceptors (Lipinski definition) is 4. The van der Waals surface area contributed by atoms with Gasteiger partial charge in [0.05, 0.1) is 16.8 Å². The van der Waals surface area contributed by atoms with Crippen molar-refractivity contribution >= 4 is 28.3 Å². The second-order valence-electron chi connectivity index (χ2n) is 9.02. The van der Waals surface area contributed by atoms with Gasteiger partial charge in [0.15, 0.2) is 5.13 Å². The van der Waals surface area contributed by atoms with Crippen LogP contribution < -0.4 is 10.6 Å². The Bertz CT molecular complexity index is 1450. The fraction of sp³-hybridized carbons (Fsp3) is 0.179. The van der Waals surface area contributed by atoms with E-state index in [1.165, 1.54) is 25.2 Å². The van der Waals surface area contributed by atoms with Gasteiger partial charge in [0.1, 0.15) is 11.4 Å². The van der Waals surface area contributed by atoms with Crippen LogP contribution in [-0.4, -0.2) is 22.3 Å². The van der Waals surface area contributed by atoms with Gasteiger partial charge in [-0.25, -0.2) is 9.37 Å². The maximum absolute atomic E-state index is 14.4. The number of rotatable bonds is 7. The summed E-state index contributed by atoms with van der Waals surface area (Å²) in [5, 5.41) is 5.29. The fourth-order valence-corrected chi connectivity index (χ4v) is 4.73. The molecule has 4 aromatic rings. The van der Waals surface area contributed by atoms with E-state index >= 15 is 0 Å². The van der Waals surface area contributed by atoms with E-state index in [0.29, 0.717) is 18.2 Å². The van der Waals surface area contributed by atoms with Gasteiger partial charge in [-0.15, -0.1) is 11.3 Å². The summed E-state index contributed by atoms with van der Waals surface area (Å²) in [6.45, 7) is 2.73.